The Morgan fingerprint density at radius 2 is 1.74 bits per heavy atom. The Hall–Kier alpha value is -2.53. The van der Waals surface area contributed by atoms with Gasteiger partial charge in [-0.25, -0.2) is 5.01 Å². The Morgan fingerprint density at radius 3 is 2.35 bits per heavy atom. The van der Waals surface area contributed by atoms with Crippen LogP contribution in [0.15, 0.2) is 47.6 Å². The summed E-state index contributed by atoms with van der Waals surface area (Å²) in [5, 5.41) is 6.05. The van der Waals surface area contributed by atoms with E-state index in [1.54, 1.807) is 50.7 Å². The van der Waals surface area contributed by atoms with Gasteiger partial charge in [0.1, 0.15) is 0 Å². The third kappa shape index (κ3) is 4.23. The van der Waals surface area contributed by atoms with Gasteiger partial charge < -0.3 is 9.47 Å². The summed E-state index contributed by atoms with van der Waals surface area (Å²) in [6, 6.07) is 12.1. The second kappa shape index (κ2) is 7.65. The predicted octanol–water partition coefficient (Wildman–Crippen LogP) is 3.46. The zero-order valence-electron chi connectivity index (χ0n) is 13.1. The molecule has 2 aromatic rings. The topological polar surface area (TPSA) is 51.1 Å². The molecule has 0 spiro atoms. The van der Waals surface area contributed by atoms with Crippen LogP contribution in [0.3, 0.4) is 0 Å². The van der Waals surface area contributed by atoms with Crippen LogP contribution in [0.4, 0.5) is 0 Å². The summed E-state index contributed by atoms with van der Waals surface area (Å²) in [6.07, 6.45) is 1.59. The van der Waals surface area contributed by atoms with Crippen molar-refractivity contribution >= 4 is 23.7 Å². The maximum Gasteiger partial charge on any atom is 0.273 e. The van der Waals surface area contributed by atoms with Gasteiger partial charge in [-0.1, -0.05) is 23.7 Å². The summed E-state index contributed by atoms with van der Waals surface area (Å²) in [7, 11) is 4.65. The van der Waals surface area contributed by atoms with Crippen LogP contribution in [-0.4, -0.2) is 38.4 Å². The maximum atomic E-state index is 12.4. The lowest BCUT2D eigenvalue weighted by Crippen LogP contribution is -2.21. The molecule has 0 saturated heterocycles. The normalized spacial score (nSPS) is 10.6. The van der Waals surface area contributed by atoms with Crippen molar-refractivity contribution in [2.75, 3.05) is 21.3 Å². The summed E-state index contributed by atoms with van der Waals surface area (Å²) in [4.78, 5) is 12.4. The molecule has 0 heterocycles. The van der Waals surface area contributed by atoms with Gasteiger partial charge in [0, 0.05) is 17.6 Å². The molecule has 0 N–H and O–H groups in total. The summed E-state index contributed by atoms with van der Waals surface area (Å²) in [6.45, 7) is 0. The van der Waals surface area contributed by atoms with Crippen molar-refractivity contribution in [2.24, 2.45) is 5.10 Å². The fourth-order valence-corrected chi connectivity index (χ4v) is 2.04. The molecule has 1 amide bonds. The van der Waals surface area contributed by atoms with E-state index in [-0.39, 0.29) is 5.91 Å². The molecule has 0 aliphatic heterocycles. The minimum absolute atomic E-state index is 0.254. The molecule has 23 heavy (non-hydrogen) atoms. The molecule has 0 aliphatic carbocycles. The minimum atomic E-state index is -0.254. The molecule has 2 aromatic carbocycles. The number of ether oxygens (including phenoxy) is 2. The monoisotopic (exact) mass is 332 g/mol. The highest BCUT2D eigenvalue weighted by Crippen LogP contribution is 2.27. The predicted molar refractivity (Wildman–Crippen MR) is 90.7 cm³/mol. The van der Waals surface area contributed by atoms with Gasteiger partial charge in [0.05, 0.1) is 20.4 Å². The smallest absolute Gasteiger partial charge is 0.273 e. The number of methoxy groups -OCH3 is 2. The molecule has 120 valence electrons. The minimum Gasteiger partial charge on any atom is -0.493 e. The van der Waals surface area contributed by atoms with Gasteiger partial charge in [-0.05, 0) is 35.9 Å². The van der Waals surface area contributed by atoms with Crippen LogP contribution in [0, 0.1) is 0 Å². The van der Waals surface area contributed by atoms with Crippen molar-refractivity contribution in [1.82, 2.24) is 5.01 Å². The quantitative estimate of drug-likeness (QED) is 0.622. The second-order valence-electron chi connectivity index (χ2n) is 4.69. The number of halogens is 1. The lowest BCUT2D eigenvalue weighted by molar-refractivity contribution is 0.0800. The van der Waals surface area contributed by atoms with E-state index >= 15 is 0 Å². The number of rotatable bonds is 5. The molecule has 5 nitrogen and oxygen atoms in total. The number of carbonyl (C=O) groups excluding carboxylic acids is 1. The zero-order chi connectivity index (χ0) is 16.8. The van der Waals surface area contributed by atoms with Gasteiger partial charge in [0.15, 0.2) is 11.5 Å². The van der Waals surface area contributed by atoms with E-state index in [1.807, 2.05) is 12.1 Å². The average Bonchev–Trinajstić information content (AvgIpc) is 2.59. The van der Waals surface area contributed by atoms with Crippen molar-refractivity contribution < 1.29 is 14.3 Å². The van der Waals surface area contributed by atoms with E-state index in [0.29, 0.717) is 22.1 Å². The first-order valence-electron chi connectivity index (χ1n) is 6.84. The number of benzene rings is 2. The van der Waals surface area contributed by atoms with Crippen LogP contribution < -0.4 is 9.47 Å². The molecule has 2 rings (SSSR count). The molecule has 0 bridgehead atoms. The van der Waals surface area contributed by atoms with Gasteiger partial charge in [-0.3, -0.25) is 4.79 Å². The van der Waals surface area contributed by atoms with Gasteiger partial charge in [-0.15, -0.1) is 0 Å². The summed E-state index contributed by atoms with van der Waals surface area (Å²) in [5.41, 5.74) is 1.31. The van der Waals surface area contributed by atoms with Gasteiger partial charge in [-0.2, -0.15) is 5.10 Å². The highest BCUT2D eigenvalue weighted by molar-refractivity contribution is 6.30. The van der Waals surface area contributed by atoms with Gasteiger partial charge >= 0.3 is 0 Å². The molecule has 0 radical (unpaired) electrons. The first kappa shape index (κ1) is 16.8. The highest BCUT2D eigenvalue weighted by Gasteiger charge is 2.14. The Bertz CT molecular complexity index is 714. The summed E-state index contributed by atoms with van der Waals surface area (Å²) in [5.74, 6) is 0.806. The van der Waals surface area contributed by atoms with Crippen molar-refractivity contribution in [2.45, 2.75) is 0 Å². The summed E-state index contributed by atoms with van der Waals surface area (Å²) >= 11 is 5.83. The second-order valence-corrected chi connectivity index (χ2v) is 5.13. The Kier molecular flexibility index (Phi) is 5.60. The van der Waals surface area contributed by atoms with Gasteiger partial charge in [0.25, 0.3) is 5.91 Å². The van der Waals surface area contributed by atoms with Crippen LogP contribution in [0.2, 0.25) is 5.02 Å². The number of nitrogens with zero attached hydrogens (tertiary/aromatic N) is 2. The average molecular weight is 333 g/mol. The molecule has 0 unspecified atom stereocenters. The third-order valence-electron chi connectivity index (χ3n) is 3.17. The molecule has 0 fully saturated rings. The van der Waals surface area contributed by atoms with Crippen molar-refractivity contribution in [1.29, 1.82) is 0 Å². The number of amides is 1. The van der Waals surface area contributed by atoms with Crippen LogP contribution in [0.5, 0.6) is 11.5 Å². The van der Waals surface area contributed by atoms with Crippen LogP contribution >= 0.6 is 11.6 Å². The van der Waals surface area contributed by atoms with Crippen molar-refractivity contribution in [3.8, 4) is 11.5 Å². The first-order chi connectivity index (χ1) is 11.0. The van der Waals surface area contributed by atoms with Crippen LogP contribution in [0.25, 0.3) is 0 Å². The fourth-order valence-electron chi connectivity index (χ4n) is 1.91. The Morgan fingerprint density at radius 1 is 1.09 bits per heavy atom. The third-order valence-corrected chi connectivity index (χ3v) is 3.43. The fraction of sp³-hybridized carbons (Fsp3) is 0.176. The SMILES string of the molecule is COc1ccc(C(=O)N(C)/N=C/c2ccc(Cl)cc2)cc1OC. The number of carbonyl (C=O) groups is 1. The Balaban J connectivity index is 2.14. The number of hydrogen-bond acceptors (Lipinski definition) is 4. The van der Waals surface area contributed by atoms with E-state index in [0.717, 1.165) is 5.56 Å². The lowest BCUT2D eigenvalue weighted by atomic mass is 10.2. The first-order valence-corrected chi connectivity index (χ1v) is 7.22. The molecule has 0 saturated carbocycles. The van der Waals surface area contributed by atoms with E-state index in [1.165, 1.54) is 12.1 Å². The zero-order valence-corrected chi connectivity index (χ0v) is 13.9. The Labute approximate surface area is 140 Å². The molecule has 0 aromatic heterocycles. The van der Waals surface area contributed by atoms with E-state index < -0.39 is 0 Å². The number of hydrazone groups is 1. The van der Waals surface area contributed by atoms with E-state index in [9.17, 15) is 4.79 Å². The van der Waals surface area contributed by atoms with E-state index in [4.69, 9.17) is 21.1 Å². The highest BCUT2D eigenvalue weighted by atomic mass is 35.5. The summed E-state index contributed by atoms with van der Waals surface area (Å²) < 4.78 is 10.4. The molecule has 6 heteroatoms. The molecule has 0 aliphatic rings. The number of hydrogen-bond donors (Lipinski definition) is 0. The molecule has 0 atom stereocenters. The lowest BCUT2D eigenvalue weighted by Gasteiger charge is -2.13. The van der Waals surface area contributed by atoms with Crippen molar-refractivity contribution in [3.05, 3.63) is 58.6 Å². The van der Waals surface area contributed by atoms with Gasteiger partial charge in [0.2, 0.25) is 0 Å². The largest absolute Gasteiger partial charge is 0.493 e. The maximum absolute atomic E-state index is 12.4. The van der Waals surface area contributed by atoms with Crippen LogP contribution in [-0.2, 0) is 0 Å². The molecular formula is C17H17ClN2O3. The van der Waals surface area contributed by atoms with Crippen molar-refractivity contribution in [3.63, 3.8) is 0 Å². The van der Waals surface area contributed by atoms with E-state index in [2.05, 4.69) is 5.10 Å². The van der Waals surface area contributed by atoms with Crippen LogP contribution in [0.1, 0.15) is 15.9 Å². The molecular weight excluding hydrogens is 316 g/mol. The standard InChI is InChI=1S/C17H17ClN2O3/c1-20(19-11-12-4-7-14(18)8-5-12)17(21)13-6-9-15(22-2)16(10-13)23-3/h4-11H,1-3H3/b19-11+.